The van der Waals surface area contributed by atoms with Gasteiger partial charge in [-0.1, -0.05) is 18.5 Å². The average Bonchev–Trinajstić information content (AvgIpc) is 2.51. The van der Waals surface area contributed by atoms with Gasteiger partial charge >= 0.3 is 0 Å². The molecule has 1 unspecified atom stereocenters. The molecule has 2 aromatic carbocycles. The van der Waals surface area contributed by atoms with E-state index in [0.717, 1.165) is 11.6 Å². The summed E-state index contributed by atoms with van der Waals surface area (Å²) in [6.45, 7) is 3.60. The maximum Gasteiger partial charge on any atom is 0.265 e. The highest BCUT2D eigenvalue weighted by atomic mass is 35.5. The second kappa shape index (κ2) is 7.42. The van der Waals surface area contributed by atoms with Gasteiger partial charge in [0.15, 0.2) is 6.10 Å². The number of benzene rings is 2. The first-order valence-electron chi connectivity index (χ1n) is 7.09. The van der Waals surface area contributed by atoms with Crippen molar-refractivity contribution in [3.05, 3.63) is 58.6 Å². The van der Waals surface area contributed by atoms with Gasteiger partial charge in [-0.15, -0.1) is 0 Å². The molecule has 6 heteroatoms. The van der Waals surface area contributed by atoms with Gasteiger partial charge in [0.2, 0.25) is 0 Å². The van der Waals surface area contributed by atoms with E-state index >= 15 is 0 Å². The monoisotopic (exact) mass is 339 g/mol. The standard InChI is InChI=1S/C17H16ClF2NO2/c1-3-16(23-12-5-6-13(18)10(2)8-12)17(22)21-15-7-4-11(19)9-14(15)20/h4-9,16H,3H2,1-2H3,(H,21,22). The minimum Gasteiger partial charge on any atom is -0.481 e. The summed E-state index contributed by atoms with van der Waals surface area (Å²) in [5.74, 6) is -1.56. The fraction of sp³-hybridized carbons (Fsp3) is 0.235. The maximum absolute atomic E-state index is 13.6. The molecule has 2 aromatic rings. The predicted octanol–water partition coefficient (Wildman–Crippen LogP) is 4.72. The summed E-state index contributed by atoms with van der Waals surface area (Å²) in [6, 6.07) is 8.00. The van der Waals surface area contributed by atoms with E-state index in [2.05, 4.69) is 5.32 Å². The fourth-order valence-corrected chi connectivity index (χ4v) is 2.10. The van der Waals surface area contributed by atoms with Gasteiger partial charge in [0.25, 0.3) is 5.91 Å². The molecule has 1 amide bonds. The van der Waals surface area contributed by atoms with Crippen molar-refractivity contribution in [2.45, 2.75) is 26.4 Å². The van der Waals surface area contributed by atoms with Crippen molar-refractivity contribution in [1.82, 2.24) is 0 Å². The molecule has 0 fully saturated rings. The van der Waals surface area contributed by atoms with Crippen LogP contribution in [-0.4, -0.2) is 12.0 Å². The van der Waals surface area contributed by atoms with Crippen LogP contribution >= 0.6 is 11.6 Å². The molecule has 3 nitrogen and oxygen atoms in total. The Bertz CT molecular complexity index is 722. The number of hydrogen-bond donors (Lipinski definition) is 1. The van der Waals surface area contributed by atoms with Crippen molar-refractivity contribution >= 4 is 23.2 Å². The van der Waals surface area contributed by atoms with E-state index in [1.54, 1.807) is 25.1 Å². The molecular formula is C17H16ClF2NO2. The molecule has 0 aliphatic rings. The Balaban J connectivity index is 2.10. The molecule has 0 bridgehead atoms. The first-order chi connectivity index (χ1) is 10.9. The molecule has 0 saturated carbocycles. The Kier molecular flexibility index (Phi) is 5.55. The zero-order chi connectivity index (χ0) is 17.0. The number of aryl methyl sites for hydroxylation is 1. The quantitative estimate of drug-likeness (QED) is 0.855. The molecule has 0 radical (unpaired) electrons. The number of nitrogens with one attached hydrogen (secondary N) is 1. The summed E-state index contributed by atoms with van der Waals surface area (Å²) >= 11 is 5.94. The maximum atomic E-state index is 13.6. The highest BCUT2D eigenvalue weighted by Gasteiger charge is 2.20. The molecule has 1 N–H and O–H groups in total. The normalized spacial score (nSPS) is 11.9. The number of carbonyl (C=O) groups is 1. The van der Waals surface area contributed by atoms with Crippen molar-refractivity contribution in [2.24, 2.45) is 0 Å². The number of amides is 1. The van der Waals surface area contributed by atoms with Crippen molar-refractivity contribution in [3.8, 4) is 5.75 Å². The number of halogens is 3. The van der Waals surface area contributed by atoms with Crippen LogP contribution in [-0.2, 0) is 4.79 Å². The van der Waals surface area contributed by atoms with E-state index in [0.29, 0.717) is 23.3 Å². The molecule has 0 aliphatic heterocycles. The van der Waals surface area contributed by atoms with Crippen LogP contribution in [0.3, 0.4) is 0 Å². The number of anilines is 1. The predicted molar refractivity (Wildman–Crippen MR) is 85.9 cm³/mol. The largest absolute Gasteiger partial charge is 0.481 e. The number of rotatable bonds is 5. The Morgan fingerprint density at radius 3 is 2.61 bits per heavy atom. The van der Waals surface area contributed by atoms with Crippen molar-refractivity contribution < 1.29 is 18.3 Å². The third-order valence-electron chi connectivity index (χ3n) is 3.26. The second-order valence-electron chi connectivity index (χ2n) is 5.04. The lowest BCUT2D eigenvalue weighted by molar-refractivity contribution is -0.122. The Labute approximate surface area is 138 Å². The van der Waals surface area contributed by atoms with Crippen LogP contribution in [0.15, 0.2) is 36.4 Å². The van der Waals surface area contributed by atoms with E-state index in [1.165, 1.54) is 6.07 Å². The van der Waals surface area contributed by atoms with Crippen molar-refractivity contribution in [1.29, 1.82) is 0 Å². The van der Waals surface area contributed by atoms with Gasteiger partial charge in [0, 0.05) is 11.1 Å². The number of hydrogen-bond acceptors (Lipinski definition) is 2. The van der Waals surface area contributed by atoms with Gasteiger partial charge in [0.05, 0.1) is 5.69 Å². The Hall–Kier alpha value is -2.14. The lowest BCUT2D eigenvalue weighted by atomic mass is 10.2. The zero-order valence-corrected chi connectivity index (χ0v) is 13.5. The lowest BCUT2D eigenvalue weighted by Crippen LogP contribution is -2.32. The molecule has 0 spiro atoms. The molecule has 122 valence electrons. The summed E-state index contributed by atoms with van der Waals surface area (Å²) < 4.78 is 32.1. The Morgan fingerprint density at radius 2 is 2.00 bits per heavy atom. The molecule has 0 saturated heterocycles. The number of carbonyl (C=O) groups excluding carboxylic acids is 1. The van der Waals surface area contributed by atoms with Crippen LogP contribution in [0, 0.1) is 18.6 Å². The van der Waals surface area contributed by atoms with E-state index in [1.807, 2.05) is 6.92 Å². The first-order valence-corrected chi connectivity index (χ1v) is 7.47. The summed E-state index contributed by atoms with van der Waals surface area (Å²) in [6.07, 6.45) is -0.420. The smallest absolute Gasteiger partial charge is 0.265 e. The van der Waals surface area contributed by atoms with E-state index in [-0.39, 0.29) is 5.69 Å². The summed E-state index contributed by atoms with van der Waals surface area (Å²) in [7, 11) is 0. The van der Waals surface area contributed by atoms with E-state index in [4.69, 9.17) is 16.3 Å². The topological polar surface area (TPSA) is 38.3 Å². The Morgan fingerprint density at radius 1 is 1.26 bits per heavy atom. The van der Waals surface area contributed by atoms with Crippen LogP contribution in [0.25, 0.3) is 0 Å². The van der Waals surface area contributed by atoms with Gasteiger partial charge in [-0.3, -0.25) is 4.79 Å². The van der Waals surface area contributed by atoms with Crippen molar-refractivity contribution in [3.63, 3.8) is 0 Å². The highest BCUT2D eigenvalue weighted by Crippen LogP contribution is 2.23. The third-order valence-corrected chi connectivity index (χ3v) is 3.68. The molecule has 0 aromatic heterocycles. The fourth-order valence-electron chi connectivity index (χ4n) is 1.98. The molecule has 2 rings (SSSR count). The van der Waals surface area contributed by atoms with Crippen LogP contribution < -0.4 is 10.1 Å². The molecule has 0 heterocycles. The molecule has 0 aliphatic carbocycles. The molecular weight excluding hydrogens is 324 g/mol. The summed E-state index contributed by atoms with van der Waals surface area (Å²) in [5, 5.41) is 3.00. The lowest BCUT2D eigenvalue weighted by Gasteiger charge is -2.18. The average molecular weight is 340 g/mol. The van der Waals surface area contributed by atoms with Gasteiger partial charge < -0.3 is 10.1 Å². The van der Waals surface area contributed by atoms with E-state index in [9.17, 15) is 13.6 Å². The van der Waals surface area contributed by atoms with Crippen molar-refractivity contribution in [2.75, 3.05) is 5.32 Å². The second-order valence-corrected chi connectivity index (χ2v) is 5.45. The van der Waals surface area contributed by atoms with E-state index < -0.39 is 23.6 Å². The minimum absolute atomic E-state index is 0.0919. The van der Waals surface area contributed by atoms with Crippen LogP contribution in [0.4, 0.5) is 14.5 Å². The van der Waals surface area contributed by atoms with Crippen LogP contribution in [0.5, 0.6) is 5.75 Å². The molecule has 23 heavy (non-hydrogen) atoms. The zero-order valence-electron chi connectivity index (χ0n) is 12.7. The van der Waals surface area contributed by atoms with Gasteiger partial charge in [0.1, 0.15) is 17.4 Å². The van der Waals surface area contributed by atoms with Gasteiger partial charge in [-0.05, 0) is 49.2 Å². The van der Waals surface area contributed by atoms with Crippen LogP contribution in [0.1, 0.15) is 18.9 Å². The third kappa shape index (κ3) is 4.42. The summed E-state index contributed by atoms with van der Waals surface area (Å²) in [5.41, 5.74) is 0.731. The highest BCUT2D eigenvalue weighted by molar-refractivity contribution is 6.31. The van der Waals surface area contributed by atoms with Gasteiger partial charge in [-0.2, -0.15) is 0 Å². The van der Waals surface area contributed by atoms with Crippen LogP contribution in [0.2, 0.25) is 5.02 Å². The first kappa shape index (κ1) is 17.2. The number of ether oxygens (including phenoxy) is 1. The molecule has 1 atom stereocenters. The SMILES string of the molecule is CCC(Oc1ccc(Cl)c(C)c1)C(=O)Nc1ccc(F)cc1F. The minimum atomic E-state index is -0.837. The van der Waals surface area contributed by atoms with Gasteiger partial charge in [-0.25, -0.2) is 8.78 Å². The summed E-state index contributed by atoms with van der Waals surface area (Å²) in [4.78, 5) is 12.2.